The minimum atomic E-state index is -4.70. The van der Waals surface area contributed by atoms with Crippen LogP contribution >= 0.6 is 0 Å². The maximum absolute atomic E-state index is 12.8. The van der Waals surface area contributed by atoms with E-state index in [0.29, 0.717) is 12.6 Å². The van der Waals surface area contributed by atoms with Gasteiger partial charge in [0.25, 0.3) is 0 Å². The Kier molecular flexibility index (Phi) is 4.71. The summed E-state index contributed by atoms with van der Waals surface area (Å²) in [6.45, 7) is 4.23. The van der Waals surface area contributed by atoms with Crippen molar-refractivity contribution in [1.82, 2.24) is 9.62 Å². The quantitative estimate of drug-likeness (QED) is 0.887. The molecule has 1 aromatic rings. The van der Waals surface area contributed by atoms with Crippen LogP contribution in [-0.4, -0.2) is 37.9 Å². The summed E-state index contributed by atoms with van der Waals surface area (Å²) in [6.07, 6.45) is -4.70. The Balaban J connectivity index is 2.47. The molecule has 0 spiro atoms. The number of rotatable bonds is 2. The zero-order valence-corrected chi connectivity index (χ0v) is 13.4. The highest BCUT2D eigenvalue weighted by Gasteiger charge is 2.37. The molecule has 9 heteroatoms. The zero-order chi connectivity index (χ0) is 17.4. The molecule has 0 saturated carbocycles. The molecule has 2 rings (SSSR count). The van der Waals surface area contributed by atoms with Crippen molar-refractivity contribution in [3.63, 3.8) is 0 Å². The third-order valence-corrected chi connectivity index (χ3v) is 5.98. The molecule has 2 atom stereocenters. The van der Waals surface area contributed by atoms with Crippen molar-refractivity contribution in [1.29, 1.82) is 5.26 Å². The Morgan fingerprint density at radius 2 is 2.00 bits per heavy atom. The van der Waals surface area contributed by atoms with Crippen molar-refractivity contribution in [2.75, 3.05) is 13.1 Å². The summed E-state index contributed by atoms with van der Waals surface area (Å²) in [6, 6.07) is 3.33. The van der Waals surface area contributed by atoms with E-state index in [1.54, 1.807) is 6.92 Å². The second-order valence-electron chi connectivity index (χ2n) is 5.42. The Hall–Kier alpha value is -1.63. The highest BCUT2D eigenvalue weighted by Crippen LogP contribution is 2.33. The number of piperazine rings is 1. The third-order valence-electron chi connectivity index (χ3n) is 4.00. The number of nitrogens with zero attached hydrogens (tertiary/aromatic N) is 2. The summed E-state index contributed by atoms with van der Waals surface area (Å²) in [5, 5.41) is 12.0. The molecule has 0 amide bonds. The fourth-order valence-electron chi connectivity index (χ4n) is 2.52. The molecular weight excluding hydrogens is 331 g/mol. The number of hydrogen-bond acceptors (Lipinski definition) is 4. The number of nitrogens with one attached hydrogen (secondary N) is 1. The molecular formula is C14H16F3N3O2S. The van der Waals surface area contributed by atoms with Crippen LogP contribution in [0.2, 0.25) is 0 Å². The second-order valence-corrected chi connectivity index (χ2v) is 7.31. The Bertz CT molecular complexity index is 741. The van der Waals surface area contributed by atoms with Crippen LogP contribution in [0.25, 0.3) is 0 Å². The van der Waals surface area contributed by atoms with Gasteiger partial charge in [0, 0.05) is 25.2 Å². The summed E-state index contributed by atoms with van der Waals surface area (Å²) in [7, 11) is -3.96. The van der Waals surface area contributed by atoms with Crippen molar-refractivity contribution < 1.29 is 21.6 Å². The molecule has 2 unspecified atom stereocenters. The van der Waals surface area contributed by atoms with Gasteiger partial charge in [0.15, 0.2) is 0 Å². The van der Waals surface area contributed by atoms with Gasteiger partial charge >= 0.3 is 6.18 Å². The lowest BCUT2D eigenvalue weighted by Gasteiger charge is -2.37. The van der Waals surface area contributed by atoms with Gasteiger partial charge in [0.05, 0.1) is 22.1 Å². The molecule has 0 aromatic heterocycles. The van der Waals surface area contributed by atoms with Gasteiger partial charge in [-0.2, -0.15) is 22.7 Å². The summed E-state index contributed by atoms with van der Waals surface area (Å²) in [5.41, 5.74) is -1.84. The van der Waals surface area contributed by atoms with Gasteiger partial charge in [-0.25, -0.2) is 8.42 Å². The van der Waals surface area contributed by atoms with Crippen molar-refractivity contribution in [2.24, 2.45) is 0 Å². The van der Waals surface area contributed by atoms with Crippen LogP contribution < -0.4 is 5.32 Å². The van der Waals surface area contributed by atoms with Crippen molar-refractivity contribution in [3.8, 4) is 6.07 Å². The monoisotopic (exact) mass is 347 g/mol. The normalized spacial score (nSPS) is 23.5. The number of benzene rings is 1. The van der Waals surface area contributed by atoms with Crippen molar-refractivity contribution in [3.05, 3.63) is 29.3 Å². The molecule has 1 heterocycles. The second kappa shape index (κ2) is 6.11. The van der Waals surface area contributed by atoms with Crippen LogP contribution in [-0.2, 0) is 16.2 Å². The topological polar surface area (TPSA) is 73.2 Å². The first kappa shape index (κ1) is 17.7. The van der Waals surface area contributed by atoms with Gasteiger partial charge in [-0.3, -0.25) is 0 Å². The first-order valence-corrected chi connectivity index (χ1v) is 8.39. The molecule has 1 aromatic carbocycles. The van der Waals surface area contributed by atoms with Gasteiger partial charge in [0.1, 0.15) is 0 Å². The van der Waals surface area contributed by atoms with Crippen LogP contribution in [0.5, 0.6) is 0 Å². The van der Waals surface area contributed by atoms with E-state index in [-0.39, 0.29) is 23.5 Å². The average Bonchev–Trinajstić information content (AvgIpc) is 2.48. The standard InChI is InChI=1S/C14H16F3N3O2S/c1-9-10(2)20(6-5-19-9)23(21,22)12-3-4-13(14(15,16)17)11(7-12)8-18/h3-4,7,9-10,19H,5-6H2,1-2H3. The lowest BCUT2D eigenvalue weighted by atomic mass is 10.1. The summed E-state index contributed by atoms with van der Waals surface area (Å²) in [5.74, 6) is 0. The van der Waals surface area contributed by atoms with Gasteiger partial charge < -0.3 is 5.32 Å². The van der Waals surface area contributed by atoms with E-state index in [2.05, 4.69) is 5.32 Å². The van der Waals surface area contributed by atoms with Gasteiger partial charge in [-0.15, -0.1) is 0 Å². The number of alkyl halides is 3. The average molecular weight is 347 g/mol. The zero-order valence-electron chi connectivity index (χ0n) is 12.6. The molecule has 1 saturated heterocycles. The number of hydrogen-bond donors (Lipinski definition) is 1. The molecule has 1 aliphatic rings. The van der Waals surface area contributed by atoms with Crippen LogP contribution in [0.1, 0.15) is 25.0 Å². The van der Waals surface area contributed by atoms with Gasteiger partial charge in [-0.05, 0) is 32.0 Å². The molecule has 1 fully saturated rings. The number of halogens is 3. The number of nitriles is 1. The highest BCUT2D eigenvalue weighted by molar-refractivity contribution is 7.89. The van der Waals surface area contributed by atoms with Crippen LogP contribution in [0.3, 0.4) is 0 Å². The minimum Gasteiger partial charge on any atom is -0.311 e. The Morgan fingerprint density at radius 3 is 2.57 bits per heavy atom. The third kappa shape index (κ3) is 3.34. The smallest absolute Gasteiger partial charge is 0.311 e. The van der Waals surface area contributed by atoms with E-state index in [9.17, 15) is 21.6 Å². The number of sulfonamides is 1. The molecule has 1 aliphatic heterocycles. The van der Waals surface area contributed by atoms with Gasteiger partial charge in [0.2, 0.25) is 10.0 Å². The maximum Gasteiger partial charge on any atom is 0.417 e. The molecule has 1 N–H and O–H groups in total. The molecule has 5 nitrogen and oxygen atoms in total. The summed E-state index contributed by atoms with van der Waals surface area (Å²) in [4.78, 5) is -0.303. The van der Waals surface area contributed by atoms with Crippen LogP contribution in [0.4, 0.5) is 13.2 Å². The lowest BCUT2D eigenvalue weighted by molar-refractivity contribution is -0.137. The SMILES string of the molecule is CC1NCCN(S(=O)(=O)c2ccc(C(F)(F)F)c(C#N)c2)C1C. The summed E-state index contributed by atoms with van der Waals surface area (Å²) < 4.78 is 65.0. The lowest BCUT2D eigenvalue weighted by Crippen LogP contribution is -2.57. The van der Waals surface area contributed by atoms with Crippen molar-refractivity contribution >= 4 is 10.0 Å². The van der Waals surface area contributed by atoms with Crippen LogP contribution in [0, 0.1) is 11.3 Å². The molecule has 0 aliphatic carbocycles. The first-order chi connectivity index (χ1) is 10.6. The van der Waals surface area contributed by atoms with E-state index < -0.39 is 27.3 Å². The Morgan fingerprint density at radius 1 is 1.35 bits per heavy atom. The van der Waals surface area contributed by atoms with Crippen LogP contribution in [0.15, 0.2) is 23.1 Å². The van der Waals surface area contributed by atoms with Gasteiger partial charge in [-0.1, -0.05) is 0 Å². The molecule has 0 radical (unpaired) electrons. The minimum absolute atomic E-state index is 0.0802. The van der Waals surface area contributed by atoms with E-state index in [4.69, 9.17) is 5.26 Å². The largest absolute Gasteiger partial charge is 0.417 e. The summed E-state index contributed by atoms with van der Waals surface area (Å²) >= 11 is 0. The fraction of sp³-hybridized carbons (Fsp3) is 0.500. The maximum atomic E-state index is 12.8. The van der Waals surface area contributed by atoms with E-state index in [0.717, 1.165) is 12.1 Å². The first-order valence-electron chi connectivity index (χ1n) is 6.95. The Labute approximate surface area is 132 Å². The van der Waals surface area contributed by atoms with Crippen molar-refractivity contribution in [2.45, 2.75) is 37.0 Å². The van der Waals surface area contributed by atoms with E-state index in [1.807, 2.05) is 6.92 Å². The molecule has 126 valence electrons. The predicted molar refractivity (Wildman–Crippen MR) is 77.0 cm³/mol. The molecule has 23 heavy (non-hydrogen) atoms. The van der Waals surface area contributed by atoms with E-state index >= 15 is 0 Å². The molecule has 0 bridgehead atoms. The predicted octanol–water partition coefficient (Wildman–Crippen LogP) is 1.95. The fourth-order valence-corrected chi connectivity index (χ4v) is 4.25. The highest BCUT2D eigenvalue weighted by atomic mass is 32.2. The van der Waals surface area contributed by atoms with E-state index in [1.165, 1.54) is 10.4 Å².